The first kappa shape index (κ1) is 20.4. The Balaban J connectivity index is 1.31. The summed E-state index contributed by atoms with van der Waals surface area (Å²) in [5, 5.41) is 6.19. The molecule has 4 rings (SSSR count). The van der Waals surface area contributed by atoms with Gasteiger partial charge in [0.25, 0.3) is 0 Å². The first-order valence-corrected chi connectivity index (χ1v) is 10.8. The molecule has 30 heavy (non-hydrogen) atoms. The fraction of sp³-hybridized carbons (Fsp3) is 0.227. The molecule has 0 saturated carbocycles. The van der Waals surface area contributed by atoms with E-state index >= 15 is 0 Å². The predicted octanol–water partition coefficient (Wildman–Crippen LogP) is 4.68. The van der Waals surface area contributed by atoms with Gasteiger partial charge < -0.3 is 15.0 Å². The first-order chi connectivity index (χ1) is 14.6. The van der Waals surface area contributed by atoms with Crippen molar-refractivity contribution >= 4 is 46.1 Å². The molecule has 2 aromatic carbocycles. The quantitative estimate of drug-likeness (QED) is 0.577. The summed E-state index contributed by atoms with van der Waals surface area (Å²) < 4.78 is 5.69. The van der Waals surface area contributed by atoms with Gasteiger partial charge in [-0.25, -0.2) is 4.98 Å². The molecule has 1 aliphatic rings. The molecule has 1 saturated heterocycles. The largest absolute Gasteiger partial charge is 0.486 e. The lowest BCUT2D eigenvalue weighted by Gasteiger charge is -2.16. The molecule has 0 radical (unpaired) electrons. The number of hydrogen-bond donors (Lipinski definition) is 1. The molecule has 2 heterocycles. The summed E-state index contributed by atoms with van der Waals surface area (Å²) in [6.07, 6.45) is 1.61. The third kappa shape index (κ3) is 5.17. The molecule has 0 unspecified atom stereocenters. The molecule has 1 N–H and O–H groups in total. The van der Waals surface area contributed by atoms with Gasteiger partial charge in [-0.15, -0.1) is 11.3 Å². The molecule has 3 aromatic rings. The number of hydrogen-bond acceptors (Lipinski definition) is 5. The Morgan fingerprint density at radius 3 is 2.83 bits per heavy atom. The molecule has 0 atom stereocenters. The number of nitrogens with zero attached hydrogens (tertiary/aromatic N) is 2. The molecule has 0 spiro atoms. The second kappa shape index (κ2) is 9.28. The van der Waals surface area contributed by atoms with E-state index in [9.17, 15) is 9.59 Å². The molecule has 154 valence electrons. The van der Waals surface area contributed by atoms with E-state index in [0.717, 1.165) is 23.7 Å². The van der Waals surface area contributed by atoms with Crippen LogP contribution in [0.3, 0.4) is 0 Å². The minimum absolute atomic E-state index is 0.120. The molecule has 0 bridgehead atoms. The third-order valence-electron chi connectivity index (χ3n) is 4.63. The van der Waals surface area contributed by atoms with Gasteiger partial charge in [0.15, 0.2) is 0 Å². The standard InChI is InChI=1S/C22H20ClN3O3S/c23-15-6-8-19(9-7-15)29-13-21-25-17(14-30-21)12-20(27)24-16-3-1-4-18(11-16)26-10-2-5-22(26)28/h1,3-4,6-9,11,14H,2,5,10,12-13H2,(H,24,27). The van der Waals surface area contributed by atoms with Crippen LogP contribution in [0.25, 0.3) is 0 Å². The lowest BCUT2D eigenvalue weighted by Crippen LogP contribution is -2.23. The van der Waals surface area contributed by atoms with Crippen molar-refractivity contribution in [3.63, 3.8) is 0 Å². The summed E-state index contributed by atoms with van der Waals surface area (Å²) in [5.41, 5.74) is 2.17. The maximum Gasteiger partial charge on any atom is 0.230 e. The Morgan fingerprint density at radius 2 is 2.07 bits per heavy atom. The van der Waals surface area contributed by atoms with Crippen molar-refractivity contribution in [2.75, 3.05) is 16.8 Å². The number of benzene rings is 2. The molecule has 0 aliphatic carbocycles. The molecular weight excluding hydrogens is 422 g/mol. The van der Waals surface area contributed by atoms with E-state index in [0.29, 0.717) is 35.2 Å². The van der Waals surface area contributed by atoms with Crippen LogP contribution in [-0.2, 0) is 22.6 Å². The van der Waals surface area contributed by atoms with Crippen LogP contribution < -0.4 is 15.0 Å². The van der Waals surface area contributed by atoms with Gasteiger partial charge in [-0.3, -0.25) is 9.59 Å². The molecule has 8 heteroatoms. The number of aromatic nitrogens is 1. The number of rotatable bonds is 7. The van der Waals surface area contributed by atoms with Gasteiger partial charge in [-0.05, 0) is 48.9 Å². The highest BCUT2D eigenvalue weighted by Gasteiger charge is 2.21. The van der Waals surface area contributed by atoms with Crippen LogP contribution in [0.4, 0.5) is 11.4 Å². The second-order valence-corrected chi connectivity index (χ2v) is 8.28. The average molecular weight is 442 g/mol. The first-order valence-electron chi connectivity index (χ1n) is 9.59. The highest BCUT2D eigenvalue weighted by Crippen LogP contribution is 2.24. The fourth-order valence-electron chi connectivity index (χ4n) is 3.21. The smallest absolute Gasteiger partial charge is 0.230 e. The summed E-state index contributed by atoms with van der Waals surface area (Å²) >= 11 is 7.32. The van der Waals surface area contributed by atoms with Gasteiger partial charge >= 0.3 is 0 Å². The van der Waals surface area contributed by atoms with Crippen molar-refractivity contribution < 1.29 is 14.3 Å². The highest BCUT2D eigenvalue weighted by molar-refractivity contribution is 7.09. The van der Waals surface area contributed by atoms with Crippen molar-refractivity contribution in [2.24, 2.45) is 0 Å². The Bertz CT molecular complexity index is 1050. The number of ether oxygens (including phenoxy) is 1. The second-order valence-electron chi connectivity index (χ2n) is 6.90. The van der Waals surface area contributed by atoms with E-state index in [1.165, 1.54) is 11.3 Å². The van der Waals surface area contributed by atoms with E-state index < -0.39 is 0 Å². The number of carbonyl (C=O) groups is 2. The summed E-state index contributed by atoms with van der Waals surface area (Å²) in [7, 11) is 0. The topological polar surface area (TPSA) is 71.5 Å². The summed E-state index contributed by atoms with van der Waals surface area (Å²) in [5.74, 6) is 0.676. The molecule has 1 aliphatic heterocycles. The van der Waals surface area contributed by atoms with Crippen molar-refractivity contribution in [1.29, 1.82) is 0 Å². The summed E-state index contributed by atoms with van der Waals surface area (Å²) in [4.78, 5) is 30.6. The molecular formula is C22H20ClN3O3S. The Labute approximate surface area is 183 Å². The normalized spacial score (nSPS) is 13.5. The van der Waals surface area contributed by atoms with Crippen LogP contribution in [0.1, 0.15) is 23.5 Å². The SMILES string of the molecule is O=C(Cc1csc(COc2ccc(Cl)cc2)n1)Nc1cccc(N2CCCC2=O)c1. The molecule has 6 nitrogen and oxygen atoms in total. The maximum atomic E-state index is 12.4. The number of anilines is 2. The van der Waals surface area contributed by atoms with Crippen LogP contribution in [0.15, 0.2) is 53.9 Å². The Morgan fingerprint density at radius 1 is 1.23 bits per heavy atom. The van der Waals surface area contributed by atoms with Crippen molar-refractivity contribution in [3.8, 4) is 5.75 Å². The third-order valence-corrected chi connectivity index (χ3v) is 5.76. The minimum Gasteiger partial charge on any atom is -0.486 e. The van der Waals surface area contributed by atoms with E-state index in [1.54, 1.807) is 29.2 Å². The zero-order valence-corrected chi connectivity index (χ0v) is 17.7. The number of amides is 2. The molecule has 2 amide bonds. The van der Waals surface area contributed by atoms with Gasteiger partial charge in [0, 0.05) is 34.7 Å². The zero-order valence-electron chi connectivity index (χ0n) is 16.1. The number of thiazole rings is 1. The van der Waals surface area contributed by atoms with Crippen molar-refractivity contribution in [3.05, 3.63) is 69.6 Å². The van der Waals surface area contributed by atoms with E-state index in [-0.39, 0.29) is 18.2 Å². The van der Waals surface area contributed by atoms with Gasteiger partial charge in [0.1, 0.15) is 17.4 Å². The van der Waals surface area contributed by atoms with Crippen molar-refractivity contribution in [2.45, 2.75) is 25.9 Å². The average Bonchev–Trinajstić information content (AvgIpc) is 3.36. The van der Waals surface area contributed by atoms with E-state index in [4.69, 9.17) is 16.3 Å². The van der Waals surface area contributed by atoms with Crippen LogP contribution in [0.2, 0.25) is 5.02 Å². The van der Waals surface area contributed by atoms with Crippen LogP contribution >= 0.6 is 22.9 Å². The number of carbonyl (C=O) groups excluding carboxylic acids is 2. The Kier molecular flexibility index (Phi) is 6.30. The van der Waals surface area contributed by atoms with Crippen LogP contribution in [0.5, 0.6) is 5.75 Å². The number of halogens is 1. The van der Waals surface area contributed by atoms with Gasteiger partial charge in [-0.1, -0.05) is 17.7 Å². The van der Waals surface area contributed by atoms with Gasteiger partial charge in [0.2, 0.25) is 11.8 Å². The predicted molar refractivity (Wildman–Crippen MR) is 118 cm³/mol. The number of nitrogens with one attached hydrogen (secondary N) is 1. The highest BCUT2D eigenvalue weighted by atomic mass is 35.5. The fourth-order valence-corrected chi connectivity index (χ4v) is 4.05. The lowest BCUT2D eigenvalue weighted by molar-refractivity contribution is -0.117. The van der Waals surface area contributed by atoms with Crippen LogP contribution in [0, 0.1) is 0 Å². The summed E-state index contributed by atoms with van der Waals surface area (Å²) in [6, 6.07) is 14.5. The molecule has 1 fully saturated rings. The monoisotopic (exact) mass is 441 g/mol. The maximum absolute atomic E-state index is 12.4. The zero-order chi connectivity index (χ0) is 20.9. The lowest BCUT2D eigenvalue weighted by atomic mass is 10.2. The van der Waals surface area contributed by atoms with Gasteiger partial charge in [0.05, 0.1) is 12.1 Å². The van der Waals surface area contributed by atoms with Gasteiger partial charge in [-0.2, -0.15) is 0 Å². The summed E-state index contributed by atoms with van der Waals surface area (Å²) in [6.45, 7) is 1.05. The molecule has 1 aromatic heterocycles. The van der Waals surface area contributed by atoms with Crippen LogP contribution in [-0.4, -0.2) is 23.3 Å². The van der Waals surface area contributed by atoms with Crippen molar-refractivity contribution in [1.82, 2.24) is 4.98 Å². The Hall–Kier alpha value is -2.90. The van der Waals surface area contributed by atoms with E-state index in [1.807, 2.05) is 29.6 Å². The van der Waals surface area contributed by atoms with E-state index in [2.05, 4.69) is 10.3 Å². The minimum atomic E-state index is -0.157.